The molecule has 0 spiro atoms. The van der Waals surface area contributed by atoms with Gasteiger partial charge in [-0.3, -0.25) is 14.8 Å². The Labute approximate surface area is 137 Å². The van der Waals surface area contributed by atoms with E-state index in [1.54, 1.807) is 39.0 Å². The first-order valence-electron chi connectivity index (χ1n) is 7.23. The third-order valence-corrected chi connectivity index (χ3v) is 3.42. The molecule has 0 bridgehead atoms. The molecule has 0 saturated heterocycles. The Balaban J connectivity index is 2.14. The van der Waals surface area contributed by atoms with Crippen molar-refractivity contribution in [2.24, 2.45) is 0 Å². The van der Waals surface area contributed by atoms with E-state index < -0.39 is 23.6 Å². The molecule has 0 unspecified atom stereocenters. The van der Waals surface area contributed by atoms with E-state index in [9.17, 15) is 19.6 Å². The van der Waals surface area contributed by atoms with Gasteiger partial charge in [-0.05, 0) is 38.3 Å². The lowest BCUT2D eigenvalue weighted by Gasteiger charge is -2.24. The molecule has 0 atom stereocenters. The third kappa shape index (κ3) is 2.59. The van der Waals surface area contributed by atoms with E-state index in [4.69, 9.17) is 9.47 Å². The van der Waals surface area contributed by atoms with Gasteiger partial charge >= 0.3 is 6.16 Å². The number of carbonyl (C=O) groups excluding carboxylic acids is 3. The maximum atomic E-state index is 12.3. The van der Waals surface area contributed by atoms with E-state index in [1.165, 1.54) is 12.1 Å². The van der Waals surface area contributed by atoms with E-state index in [-0.39, 0.29) is 21.9 Å². The van der Waals surface area contributed by atoms with Crippen LogP contribution in [-0.4, -0.2) is 33.8 Å². The van der Waals surface area contributed by atoms with Crippen LogP contribution in [0.1, 0.15) is 41.5 Å². The second-order valence-electron chi connectivity index (χ2n) is 6.33. The summed E-state index contributed by atoms with van der Waals surface area (Å²) in [5.74, 6) is -1.86. The molecule has 24 heavy (non-hydrogen) atoms. The lowest BCUT2D eigenvalue weighted by atomic mass is 9.94. The summed E-state index contributed by atoms with van der Waals surface area (Å²) >= 11 is 0. The van der Waals surface area contributed by atoms with Gasteiger partial charge in [0.15, 0.2) is 0 Å². The van der Waals surface area contributed by atoms with Crippen LogP contribution >= 0.6 is 0 Å². The van der Waals surface area contributed by atoms with Gasteiger partial charge in [-0.1, -0.05) is 18.2 Å². The molecule has 0 fully saturated rings. The number of amides is 2. The highest BCUT2D eigenvalue weighted by Crippen LogP contribution is 2.35. The molecule has 1 aliphatic heterocycles. The van der Waals surface area contributed by atoms with E-state index in [0.717, 1.165) is 0 Å². The normalized spacial score (nSPS) is 14.1. The molecule has 3 rings (SSSR count). The van der Waals surface area contributed by atoms with Gasteiger partial charge in [-0.2, -0.15) is 0 Å². The van der Waals surface area contributed by atoms with Crippen LogP contribution < -0.4 is 4.74 Å². The summed E-state index contributed by atoms with van der Waals surface area (Å²) < 4.78 is 10.2. The number of benzene rings is 2. The molecule has 0 aliphatic carbocycles. The topological polar surface area (TPSA) is 93.1 Å². The van der Waals surface area contributed by atoms with Crippen LogP contribution in [0.3, 0.4) is 0 Å². The van der Waals surface area contributed by atoms with Gasteiger partial charge in [0.05, 0.1) is 11.1 Å². The first kappa shape index (κ1) is 15.9. The number of carbonyl (C=O) groups is 3. The van der Waals surface area contributed by atoms with Crippen molar-refractivity contribution >= 4 is 28.7 Å². The van der Waals surface area contributed by atoms with Crippen molar-refractivity contribution in [3.05, 3.63) is 41.5 Å². The Hall–Kier alpha value is -2.93. The molecule has 7 nitrogen and oxygen atoms in total. The largest absolute Gasteiger partial charge is 0.514 e. The average molecular weight is 329 g/mol. The summed E-state index contributed by atoms with van der Waals surface area (Å²) in [6.45, 7) is 5.03. The van der Waals surface area contributed by atoms with Gasteiger partial charge < -0.3 is 9.47 Å². The van der Waals surface area contributed by atoms with Gasteiger partial charge in [0, 0.05) is 5.39 Å². The van der Waals surface area contributed by atoms with Gasteiger partial charge in [0.25, 0.3) is 11.8 Å². The highest BCUT2D eigenvalue weighted by Gasteiger charge is 2.35. The van der Waals surface area contributed by atoms with Crippen molar-refractivity contribution < 1.29 is 29.1 Å². The first-order valence-corrected chi connectivity index (χ1v) is 7.23. The van der Waals surface area contributed by atoms with Gasteiger partial charge in [0.1, 0.15) is 11.4 Å². The molecule has 7 heteroatoms. The van der Waals surface area contributed by atoms with Crippen LogP contribution in [0.5, 0.6) is 5.75 Å². The maximum Gasteiger partial charge on any atom is 0.514 e. The molecule has 0 aromatic heterocycles. The number of imide groups is 1. The van der Waals surface area contributed by atoms with Crippen LogP contribution in [-0.2, 0) is 4.74 Å². The molecule has 2 aromatic rings. The first-order chi connectivity index (χ1) is 11.2. The van der Waals surface area contributed by atoms with Gasteiger partial charge in [0.2, 0.25) is 0 Å². The second-order valence-corrected chi connectivity index (χ2v) is 6.33. The van der Waals surface area contributed by atoms with Crippen molar-refractivity contribution in [3.8, 4) is 5.75 Å². The molecular weight excluding hydrogens is 314 g/mol. The minimum absolute atomic E-state index is 0.0130. The lowest BCUT2D eigenvalue weighted by molar-refractivity contribution is -0.0379. The number of hydrogen-bond donors (Lipinski definition) is 1. The molecule has 0 radical (unpaired) electrons. The fourth-order valence-corrected chi connectivity index (χ4v) is 2.51. The van der Waals surface area contributed by atoms with Crippen molar-refractivity contribution in [2.75, 3.05) is 0 Å². The highest BCUT2D eigenvalue weighted by molar-refractivity contribution is 6.25. The zero-order valence-electron chi connectivity index (χ0n) is 13.3. The Morgan fingerprint density at radius 1 is 1.08 bits per heavy atom. The Morgan fingerprint density at radius 3 is 2.46 bits per heavy atom. The number of hydroxylamine groups is 2. The fraction of sp³-hybridized carbons (Fsp3) is 0.235. The number of hydrogen-bond acceptors (Lipinski definition) is 6. The summed E-state index contributed by atoms with van der Waals surface area (Å²) in [5, 5.41) is 10.7. The quantitative estimate of drug-likeness (QED) is 0.374. The zero-order valence-corrected chi connectivity index (χ0v) is 13.3. The average Bonchev–Trinajstić information content (AvgIpc) is 2.49. The molecule has 1 N–H and O–H groups in total. The molecule has 1 heterocycles. The molecule has 1 aliphatic rings. The Morgan fingerprint density at radius 2 is 1.79 bits per heavy atom. The Kier molecular flexibility index (Phi) is 3.53. The minimum Gasteiger partial charge on any atom is -0.428 e. The number of rotatable bonds is 1. The number of ether oxygens (including phenoxy) is 2. The zero-order chi connectivity index (χ0) is 17.6. The predicted octanol–water partition coefficient (Wildman–Crippen LogP) is 3.14. The highest BCUT2D eigenvalue weighted by atomic mass is 16.7. The third-order valence-electron chi connectivity index (χ3n) is 3.42. The molecule has 2 amide bonds. The molecule has 124 valence electrons. The monoisotopic (exact) mass is 329 g/mol. The van der Waals surface area contributed by atoms with E-state index in [1.807, 2.05) is 0 Å². The summed E-state index contributed by atoms with van der Waals surface area (Å²) in [4.78, 5) is 36.3. The summed E-state index contributed by atoms with van der Waals surface area (Å²) in [5.41, 5.74) is -0.672. The van der Waals surface area contributed by atoms with Crippen molar-refractivity contribution in [2.45, 2.75) is 26.4 Å². The van der Waals surface area contributed by atoms with Crippen LogP contribution in [0.15, 0.2) is 30.3 Å². The van der Waals surface area contributed by atoms with Gasteiger partial charge in [-0.25, -0.2) is 4.79 Å². The molecule has 0 saturated carbocycles. The smallest absolute Gasteiger partial charge is 0.428 e. The summed E-state index contributed by atoms with van der Waals surface area (Å²) in [6, 6.07) is 7.88. The molecule has 2 aromatic carbocycles. The minimum atomic E-state index is -0.982. The second kappa shape index (κ2) is 5.31. The predicted molar refractivity (Wildman–Crippen MR) is 83.1 cm³/mol. The van der Waals surface area contributed by atoms with E-state index >= 15 is 0 Å². The van der Waals surface area contributed by atoms with Crippen molar-refractivity contribution in [1.82, 2.24) is 5.06 Å². The maximum absolute atomic E-state index is 12.3. The summed E-state index contributed by atoms with van der Waals surface area (Å²) in [7, 11) is 0. The van der Waals surface area contributed by atoms with Crippen LogP contribution in [0.25, 0.3) is 10.8 Å². The Bertz CT molecular complexity index is 881. The van der Waals surface area contributed by atoms with Crippen molar-refractivity contribution in [3.63, 3.8) is 0 Å². The van der Waals surface area contributed by atoms with Crippen LogP contribution in [0.2, 0.25) is 0 Å². The van der Waals surface area contributed by atoms with Gasteiger partial charge in [-0.15, -0.1) is 5.06 Å². The fourth-order valence-electron chi connectivity index (χ4n) is 2.51. The van der Waals surface area contributed by atoms with Crippen LogP contribution in [0, 0.1) is 0 Å². The standard InChI is InChI=1S/C17H15NO6/c1-17(2,3)24-16(21)23-11-8-7-9-5-4-6-10-12(9)13(11)15(20)18(22)14(10)19/h4-8,22H,1-3H3. The molecular formula is C17H15NO6. The van der Waals surface area contributed by atoms with Crippen LogP contribution in [0.4, 0.5) is 4.79 Å². The summed E-state index contributed by atoms with van der Waals surface area (Å²) in [6.07, 6.45) is -0.982. The van der Waals surface area contributed by atoms with E-state index in [0.29, 0.717) is 10.8 Å². The lowest BCUT2D eigenvalue weighted by Crippen LogP contribution is -2.38. The van der Waals surface area contributed by atoms with E-state index in [2.05, 4.69) is 0 Å². The SMILES string of the molecule is CC(C)(C)OC(=O)Oc1ccc2cccc3c2c1C(=O)N(O)C3=O. The van der Waals surface area contributed by atoms with Crippen molar-refractivity contribution in [1.29, 1.82) is 0 Å². The number of nitrogens with zero attached hydrogens (tertiary/aromatic N) is 1.